The second-order valence-electron chi connectivity index (χ2n) is 3.02. The van der Waals surface area contributed by atoms with Crippen molar-refractivity contribution in [1.82, 2.24) is 4.98 Å². The van der Waals surface area contributed by atoms with E-state index in [1.165, 1.54) is 11.8 Å². The van der Waals surface area contributed by atoms with Gasteiger partial charge in [-0.2, -0.15) is 0 Å². The van der Waals surface area contributed by atoms with Crippen molar-refractivity contribution in [3.05, 3.63) is 54.2 Å². The van der Waals surface area contributed by atoms with E-state index in [-0.39, 0.29) is 0 Å². The molecule has 0 aliphatic carbocycles. The Bertz CT molecular complexity index is 431. The monoisotopic (exact) mass is 219 g/mol. The molecule has 0 aliphatic rings. The standard InChI is InChI=1S/C12H10FNS/c13-9-10-5-4-8-12(14-10)15-11-6-2-1-3-7-11/h1-8H,9H2. The molecule has 1 aromatic heterocycles. The Labute approximate surface area is 92.4 Å². The van der Waals surface area contributed by atoms with Crippen molar-refractivity contribution in [1.29, 1.82) is 0 Å². The predicted molar refractivity (Wildman–Crippen MR) is 59.6 cm³/mol. The Morgan fingerprint density at radius 3 is 2.53 bits per heavy atom. The summed E-state index contributed by atoms with van der Waals surface area (Å²) in [6.45, 7) is -0.511. The highest BCUT2D eigenvalue weighted by atomic mass is 32.2. The number of rotatable bonds is 3. The van der Waals surface area contributed by atoms with Gasteiger partial charge in [0, 0.05) is 4.90 Å². The Kier molecular flexibility index (Phi) is 3.35. The zero-order valence-electron chi connectivity index (χ0n) is 8.06. The molecule has 0 aliphatic heterocycles. The highest BCUT2D eigenvalue weighted by Crippen LogP contribution is 2.25. The van der Waals surface area contributed by atoms with E-state index in [1.807, 2.05) is 42.5 Å². The number of benzene rings is 1. The first kappa shape index (κ1) is 10.2. The van der Waals surface area contributed by atoms with Gasteiger partial charge in [0.1, 0.15) is 11.7 Å². The molecule has 1 nitrogen and oxygen atoms in total. The second-order valence-corrected chi connectivity index (χ2v) is 4.11. The maximum Gasteiger partial charge on any atom is 0.131 e. The average molecular weight is 219 g/mol. The Morgan fingerprint density at radius 1 is 1.00 bits per heavy atom. The van der Waals surface area contributed by atoms with Crippen molar-refractivity contribution in [3.63, 3.8) is 0 Å². The minimum atomic E-state index is -0.511. The van der Waals surface area contributed by atoms with E-state index in [2.05, 4.69) is 4.98 Å². The van der Waals surface area contributed by atoms with Crippen LogP contribution in [0.3, 0.4) is 0 Å². The maximum atomic E-state index is 12.4. The molecule has 3 heteroatoms. The summed E-state index contributed by atoms with van der Waals surface area (Å²) in [5, 5.41) is 0.830. The first-order valence-electron chi connectivity index (χ1n) is 4.63. The topological polar surface area (TPSA) is 12.9 Å². The van der Waals surface area contributed by atoms with Crippen molar-refractivity contribution in [2.75, 3.05) is 0 Å². The van der Waals surface area contributed by atoms with Gasteiger partial charge in [-0.15, -0.1) is 0 Å². The number of nitrogens with zero attached hydrogens (tertiary/aromatic N) is 1. The predicted octanol–water partition coefficient (Wildman–Crippen LogP) is 3.70. The van der Waals surface area contributed by atoms with E-state index in [0.29, 0.717) is 5.69 Å². The third-order valence-electron chi connectivity index (χ3n) is 1.88. The molecule has 2 aromatic rings. The van der Waals surface area contributed by atoms with Gasteiger partial charge in [-0.3, -0.25) is 0 Å². The first-order valence-corrected chi connectivity index (χ1v) is 5.45. The molecule has 0 spiro atoms. The van der Waals surface area contributed by atoms with Gasteiger partial charge in [0.15, 0.2) is 0 Å². The van der Waals surface area contributed by atoms with E-state index < -0.39 is 6.67 Å². The van der Waals surface area contributed by atoms with Crippen LogP contribution in [0.25, 0.3) is 0 Å². The molecular weight excluding hydrogens is 209 g/mol. The van der Waals surface area contributed by atoms with Crippen LogP contribution in [0.2, 0.25) is 0 Å². The molecule has 0 radical (unpaired) electrons. The van der Waals surface area contributed by atoms with Gasteiger partial charge in [-0.1, -0.05) is 36.0 Å². The quantitative estimate of drug-likeness (QED) is 0.780. The Morgan fingerprint density at radius 2 is 1.80 bits per heavy atom. The third kappa shape index (κ3) is 2.80. The van der Waals surface area contributed by atoms with Crippen LogP contribution >= 0.6 is 11.8 Å². The third-order valence-corrected chi connectivity index (χ3v) is 2.83. The molecule has 15 heavy (non-hydrogen) atoms. The number of hydrogen-bond donors (Lipinski definition) is 0. The lowest BCUT2D eigenvalue weighted by atomic mass is 10.4. The van der Waals surface area contributed by atoms with Gasteiger partial charge in [-0.05, 0) is 24.3 Å². The molecule has 0 atom stereocenters. The second kappa shape index (κ2) is 4.94. The molecule has 76 valence electrons. The van der Waals surface area contributed by atoms with E-state index in [4.69, 9.17) is 0 Å². The minimum absolute atomic E-state index is 0.482. The summed E-state index contributed by atoms with van der Waals surface area (Å²) in [5.74, 6) is 0. The number of hydrogen-bond acceptors (Lipinski definition) is 2. The van der Waals surface area contributed by atoms with Gasteiger partial charge in [0.05, 0.1) is 5.69 Å². The van der Waals surface area contributed by atoms with Crippen LogP contribution in [0.5, 0.6) is 0 Å². The van der Waals surface area contributed by atoms with Crippen molar-refractivity contribution in [2.45, 2.75) is 16.6 Å². The number of halogens is 1. The molecule has 0 saturated heterocycles. The normalized spacial score (nSPS) is 10.2. The molecule has 1 aromatic carbocycles. The molecule has 0 amide bonds. The molecule has 2 rings (SSSR count). The summed E-state index contributed by atoms with van der Waals surface area (Å²) in [6, 6.07) is 15.3. The van der Waals surface area contributed by atoms with Crippen molar-refractivity contribution < 1.29 is 4.39 Å². The molecule has 0 saturated carbocycles. The molecule has 0 bridgehead atoms. The van der Waals surface area contributed by atoms with Crippen molar-refractivity contribution >= 4 is 11.8 Å². The SMILES string of the molecule is FCc1cccc(Sc2ccccc2)n1. The molecule has 1 heterocycles. The molecule has 0 unspecified atom stereocenters. The highest BCUT2D eigenvalue weighted by molar-refractivity contribution is 7.99. The van der Waals surface area contributed by atoms with Gasteiger partial charge in [0.25, 0.3) is 0 Å². The summed E-state index contributed by atoms with van der Waals surface area (Å²) in [6.07, 6.45) is 0. The zero-order chi connectivity index (χ0) is 10.5. The Hall–Kier alpha value is -1.35. The van der Waals surface area contributed by atoms with Crippen LogP contribution in [-0.4, -0.2) is 4.98 Å². The van der Waals surface area contributed by atoms with Crippen LogP contribution in [-0.2, 0) is 6.67 Å². The zero-order valence-corrected chi connectivity index (χ0v) is 8.88. The summed E-state index contributed by atoms with van der Waals surface area (Å²) in [5.41, 5.74) is 0.482. The van der Waals surface area contributed by atoms with Crippen LogP contribution in [0.1, 0.15) is 5.69 Å². The molecular formula is C12H10FNS. The van der Waals surface area contributed by atoms with E-state index in [9.17, 15) is 4.39 Å². The van der Waals surface area contributed by atoms with Crippen molar-refractivity contribution in [3.8, 4) is 0 Å². The van der Waals surface area contributed by atoms with E-state index >= 15 is 0 Å². The summed E-state index contributed by atoms with van der Waals surface area (Å²) < 4.78 is 12.4. The molecule has 0 fully saturated rings. The first-order chi connectivity index (χ1) is 7.38. The summed E-state index contributed by atoms with van der Waals surface area (Å²) in [7, 11) is 0. The fourth-order valence-electron chi connectivity index (χ4n) is 1.20. The van der Waals surface area contributed by atoms with Gasteiger partial charge in [-0.25, -0.2) is 9.37 Å². The fourth-order valence-corrected chi connectivity index (χ4v) is 2.04. The van der Waals surface area contributed by atoms with Gasteiger partial charge >= 0.3 is 0 Å². The Balaban J connectivity index is 2.17. The van der Waals surface area contributed by atoms with Crippen LogP contribution < -0.4 is 0 Å². The molecule has 0 N–H and O–H groups in total. The van der Waals surface area contributed by atoms with Crippen molar-refractivity contribution in [2.24, 2.45) is 0 Å². The number of aromatic nitrogens is 1. The van der Waals surface area contributed by atoms with Gasteiger partial charge in [0.2, 0.25) is 0 Å². The van der Waals surface area contributed by atoms with E-state index in [1.54, 1.807) is 6.07 Å². The smallest absolute Gasteiger partial charge is 0.131 e. The van der Waals surface area contributed by atoms with Crippen LogP contribution in [0, 0.1) is 0 Å². The lowest BCUT2D eigenvalue weighted by Crippen LogP contribution is -1.86. The van der Waals surface area contributed by atoms with Gasteiger partial charge < -0.3 is 0 Å². The summed E-state index contributed by atoms with van der Waals surface area (Å²) in [4.78, 5) is 5.29. The average Bonchev–Trinajstić information content (AvgIpc) is 2.31. The van der Waals surface area contributed by atoms with Crippen LogP contribution in [0.15, 0.2) is 58.5 Å². The van der Waals surface area contributed by atoms with E-state index in [0.717, 1.165) is 9.92 Å². The largest absolute Gasteiger partial charge is 0.244 e. The summed E-state index contributed by atoms with van der Waals surface area (Å²) >= 11 is 1.54. The highest BCUT2D eigenvalue weighted by Gasteiger charge is 1.99. The minimum Gasteiger partial charge on any atom is -0.244 e. The maximum absolute atomic E-state index is 12.4. The number of pyridine rings is 1. The fraction of sp³-hybridized carbons (Fsp3) is 0.0833. The lowest BCUT2D eigenvalue weighted by molar-refractivity contribution is 0.474. The van der Waals surface area contributed by atoms with Crippen LogP contribution in [0.4, 0.5) is 4.39 Å². The number of alkyl halides is 1. The lowest BCUT2D eigenvalue weighted by Gasteiger charge is -2.01.